The van der Waals surface area contributed by atoms with Crippen LogP contribution in [0.2, 0.25) is 0 Å². The molecule has 1 radical (unpaired) electrons. The van der Waals surface area contributed by atoms with E-state index in [1.165, 1.54) is 17.8 Å². The van der Waals surface area contributed by atoms with Crippen molar-refractivity contribution in [1.82, 2.24) is 0 Å². The van der Waals surface area contributed by atoms with Gasteiger partial charge in [-0.25, -0.2) is 4.39 Å². The van der Waals surface area contributed by atoms with Crippen molar-refractivity contribution in [2.24, 2.45) is 0 Å². The summed E-state index contributed by atoms with van der Waals surface area (Å²) < 4.78 is 17.6. The van der Waals surface area contributed by atoms with Crippen molar-refractivity contribution < 1.29 is 9.13 Å². The van der Waals surface area contributed by atoms with Gasteiger partial charge in [0.25, 0.3) is 0 Å². The Morgan fingerprint density at radius 3 is 3.09 bits per heavy atom. The molecule has 0 atom stereocenters. The molecular formula is C8H8FOS. The third-order valence-corrected chi connectivity index (χ3v) is 1.42. The molecule has 1 nitrogen and oxygen atoms in total. The topological polar surface area (TPSA) is 9.23 Å². The highest BCUT2D eigenvalue weighted by atomic mass is 32.2. The molecule has 0 N–H and O–H groups in total. The lowest BCUT2D eigenvalue weighted by Crippen LogP contribution is -1.91. The highest BCUT2D eigenvalue weighted by Crippen LogP contribution is 2.11. The average molecular weight is 171 g/mol. The number of benzene rings is 1. The van der Waals surface area contributed by atoms with Gasteiger partial charge in [-0.05, 0) is 18.4 Å². The zero-order chi connectivity index (χ0) is 8.10. The molecule has 0 aliphatic carbocycles. The second-order valence-electron chi connectivity index (χ2n) is 1.91. The van der Waals surface area contributed by atoms with E-state index in [2.05, 4.69) is 6.07 Å². The van der Waals surface area contributed by atoms with Crippen LogP contribution in [0.4, 0.5) is 4.39 Å². The summed E-state index contributed by atoms with van der Waals surface area (Å²) in [6.45, 7) is 0. The molecule has 59 valence electrons. The summed E-state index contributed by atoms with van der Waals surface area (Å²) in [5.41, 5.74) is 0. The van der Waals surface area contributed by atoms with Gasteiger partial charge < -0.3 is 4.74 Å². The molecule has 0 spiro atoms. The number of hydrogen-bond donors (Lipinski definition) is 0. The molecule has 0 amide bonds. The molecule has 0 bridgehead atoms. The molecule has 0 aliphatic heterocycles. The number of ether oxygens (including phenoxy) is 1. The van der Waals surface area contributed by atoms with Gasteiger partial charge in [0.05, 0.1) is 6.07 Å². The van der Waals surface area contributed by atoms with Gasteiger partial charge in [0.2, 0.25) is 0 Å². The second kappa shape index (κ2) is 4.23. The Bertz CT molecular complexity index is 227. The van der Waals surface area contributed by atoms with E-state index in [1.807, 2.05) is 6.26 Å². The Balaban J connectivity index is 2.56. The summed E-state index contributed by atoms with van der Waals surface area (Å²) in [7, 11) is 0. The third-order valence-electron chi connectivity index (χ3n) is 1.07. The Kier molecular flexibility index (Phi) is 3.23. The van der Waals surface area contributed by atoms with Gasteiger partial charge in [-0.2, -0.15) is 0 Å². The summed E-state index contributed by atoms with van der Waals surface area (Å²) in [6.07, 6.45) is 1.92. The van der Waals surface area contributed by atoms with E-state index < -0.39 is 0 Å². The first-order chi connectivity index (χ1) is 5.33. The van der Waals surface area contributed by atoms with Crippen LogP contribution in [-0.2, 0) is 0 Å². The van der Waals surface area contributed by atoms with Gasteiger partial charge in [0.15, 0.2) is 0 Å². The SMILES string of the molecule is CSCOc1[c]c(F)ccc1. The van der Waals surface area contributed by atoms with E-state index in [0.717, 1.165) is 0 Å². The van der Waals surface area contributed by atoms with Crippen LogP contribution in [0.1, 0.15) is 0 Å². The third kappa shape index (κ3) is 2.80. The average Bonchev–Trinajstić information content (AvgIpc) is 2.01. The number of thioether (sulfide) groups is 1. The fourth-order valence-electron chi connectivity index (χ4n) is 0.628. The van der Waals surface area contributed by atoms with E-state index >= 15 is 0 Å². The van der Waals surface area contributed by atoms with Crippen LogP contribution in [0, 0.1) is 11.9 Å². The van der Waals surface area contributed by atoms with Crippen LogP contribution >= 0.6 is 11.8 Å². The van der Waals surface area contributed by atoms with Gasteiger partial charge in [0, 0.05) is 0 Å². The predicted molar refractivity (Wildman–Crippen MR) is 44.2 cm³/mol. The van der Waals surface area contributed by atoms with E-state index in [4.69, 9.17) is 4.74 Å². The lowest BCUT2D eigenvalue weighted by atomic mass is 10.3. The molecule has 0 aliphatic rings. The maximum absolute atomic E-state index is 12.5. The lowest BCUT2D eigenvalue weighted by molar-refractivity contribution is 0.389. The zero-order valence-corrected chi connectivity index (χ0v) is 6.95. The quantitative estimate of drug-likeness (QED) is 0.645. The minimum Gasteiger partial charge on any atom is -0.482 e. The fraction of sp³-hybridized carbons (Fsp3) is 0.250. The van der Waals surface area contributed by atoms with Crippen LogP contribution < -0.4 is 4.74 Å². The monoisotopic (exact) mass is 171 g/mol. The molecule has 0 unspecified atom stereocenters. The van der Waals surface area contributed by atoms with Crippen LogP contribution in [0.25, 0.3) is 0 Å². The summed E-state index contributed by atoms with van der Waals surface area (Å²) >= 11 is 1.54. The maximum atomic E-state index is 12.5. The molecular weight excluding hydrogens is 163 g/mol. The molecule has 0 aromatic heterocycles. The van der Waals surface area contributed by atoms with E-state index in [1.54, 1.807) is 12.1 Å². The Hall–Kier alpha value is -0.700. The van der Waals surface area contributed by atoms with Gasteiger partial charge in [0.1, 0.15) is 17.5 Å². The minimum atomic E-state index is -0.386. The van der Waals surface area contributed by atoms with Crippen LogP contribution in [0.5, 0.6) is 5.75 Å². The van der Waals surface area contributed by atoms with Crippen molar-refractivity contribution in [3.05, 3.63) is 30.1 Å². The standard InChI is InChI=1S/C8H8FOS/c1-11-6-10-8-4-2-3-7(9)5-8/h2-4H,6H2,1H3. The van der Waals surface area contributed by atoms with Gasteiger partial charge in [-0.3, -0.25) is 0 Å². The summed E-state index contributed by atoms with van der Waals surface area (Å²) in [5, 5.41) is 0. The number of rotatable bonds is 3. The van der Waals surface area contributed by atoms with Crippen molar-refractivity contribution >= 4 is 11.8 Å². The van der Waals surface area contributed by atoms with Gasteiger partial charge in [-0.15, -0.1) is 11.8 Å². The second-order valence-corrected chi connectivity index (χ2v) is 2.73. The first-order valence-corrected chi connectivity index (χ1v) is 4.52. The first-order valence-electron chi connectivity index (χ1n) is 3.12. The van der Waals surface area contributed by atoms with Gasteiger partial charge in [-0.1, -0.05) is 6.07 Å². The highest BCUT2D eigenvalue weighted by molar-refractivity contribution is 7.98. The van der Waals surface area contributed by atoms with E-state index in [0.29, 0.717) is 11.7 Å². The first kappa shape index (κ1) is 8.40. The normalized spacial score (nSPS) is 9.64. The Labute approximate surface area is 69.6 Å². The minimum absolute atomic E-state index is 0.386. The summed E-state index contributed by atoms with van der Waals surface area (Å²) in [4.78, 5) is 0. The highest BCUT2D eigenvalue weighted by Gasteiger charge is 1.94. The smallest absolute Gasteiger partial charge is 0.135 e. The van der Waals surface area contributed by atoms with E-state index in [9.17, 15) is 4.39 Å². The zero-order valence-electron chi connectivity index (χ0n) is 6.13. The molecule has 0 fully saturated rings. The molecule has 0 heterocycles. The number of hydrogen-bond acceptors (Lipinski definition) is 2. The van der Waals surface area contributed by atoms with Crippen molar-refractivity contribution in [3.8, 4) is 5.75 Å². The molecule has 0 saturated heterocycles. The predicted octanol–water partition coefficient (Wildman–Crippen LogP) is 2.33. The van der Waals surface area contributed by atoms with Crippen molar-refractivity contribution in [3.63, 3.8) is 0 Å². The van der Waals surface area contributed by atoms with Crippen LogP contribution in [-0.4, -0.2) is 12.2 Å². The van der Waals surface area contributed by atoms with Crippen molar-refractivity contribution in [2.75, 3.05) is 12.2 Å². The summed E-state index contributed by atoms with van der Waals surface area (Å²) in [5.74, 6) is 0.600. The molecule has 0 saturated carbocycles. The molecule has 1 rings (SSSR count). The molecule has 11 heavy (non-hydrogen) atoms. The largest absolute Gasteiger partial charge is 0.482 e. The van der Waals surface area contributed by atoms with E-state index in [-0.39, 0.29) is 5.82 Å². The van der Waals surface area contributed by atoms with Crippen LogP contribution in [0.15, 0.2) is 18.2 Å². The lowest BCUT2D eigenvalue weighted by Gasteiger charge is -2.01. The Morgan fingerprint density at radius 1 is 1.64 bits per heavy atom. The molecule has 3 heteroatoms. The molecule has 1 aromatic carbocycles. The molecule has 1 aromatic rings. The maximum Gasteiger partial charge on any atom is 0.135 e. The number of halogens is 1. The Morgan fingerprint density at radius 2 is 2.45 bits per heavy atom. The fourth-order valence-corrected chi connectivity index (χ4v) is 0.872. The van der Waals surface area contributed by atoms with Gasteiger partial charge >= 0.3 is 0 Å². The van der Waals surface area contributed by atoms with Crippen molar-refractivity contribution in [2.45, 2.75) is 0 Å². The van der Waals surface area contributed by atoms with Crippen LogP contribution in [0.3, 0.4) is 0 Å². The van der Waals surface area contributed by atoms with Crippen molar-refractivity contribution in [1.29, 1.82) is 0 Å². The summed E-state index contributed by atoms with van der Waals surface area (Å²) in [6, 6.07) is 7.06.